The molecule has 20 heavy (non-hydrogen) atoms. The van der Waals surface area contributed by atoms with E-state index >= 15 is 0 Å². The van der Waals surface area contributed by atoms with Gasteiger partial charge in [0.05, 0.1) is 6.21 Å². The van der Waals surface area contributed by atoms with E-state index in [0.29, 0.717) is 11.5 Å². The van der Waals surface area contributed by atoms with Gasteiger partial charge in [0, 0.05) is 4.47 Å². The smallest absolute Gasteiger partial charge is 0.277 e. The summed E-state index contributed by atoms with van der Waals surface area (Å²) in [5.74, 6) is 0.849. The van der Waals surface area contributed by atoms with Crippen LogP contribution in [0.2, 0.25) is 0 Å². The zero-order chi connectivity index (χ0) is 14.4. The molecule has 0 fully saturated rings. The van der Waals surface area contributed by atoms with Crippen molar-refractivity contribution in [1.82, 2.24) is 5.43 Å². The Morgan fingerprint density at radius 3 is 2.75 bits per heavy atom. The van der Waals surface area contributed by atoms with Gasteiger partial charge in [-0.05, 0) is 59.0 Å². The maximum atomic E-state index is 11.5. The van der Waals surface area contributed by atoms with E-state index in [2.05, 4.69) is 26.5 Å². The van der Waals surface area contributed by atoms with Crippen LogP contribution in [0, 0.1) is 3.77 Å². The van der Waals surface area contributed by atoms with Crippen LogP contribution >= 0.6 is 38.5 Å². The number of amides is 1. The molecule has 1 N–H and O–H groups in total. The fourth-order valence-corrected chi connectivity index (χ4v) is 1.98. The summed E-state index contributed by atoms with van der Waals surface area (Å²) in [5.41, 5.74) is 2.36. The molecule has 1 aromatic carbocycles. The van der Waals surface area contributed by atoms with Crippen molar-refractivity contribution < 1.29 is 13.9 Å². The Morgan fingerprint density at radius 1 is 1.35 bits per heavy atom. The van der Waals surface area contributed by atoms with Gasteiger partial charge in [0.1, 0.15) is 11.5 Å². The van der Waals surface area contributed by atoms with E-state index in [1.165, 1.54) is 6.21 Å². The van der Waals surface area contributed by atoms with Crippen LogP contribution in [0.1, 0.15) is 5.76 Å². The summed E-state index contributed by atoms with van der Waals surface area (Å²) in [6.45, 7) is -0.103. The number of rotatable bonds is 5. The Labute approximate surface area is 137 Å². The van der Waals surface area contributed by atoms with Crippen molar-refractivity contribution in [2.24, 2.45) is 5.10 Å². The third-order valence-corrected chi connectivity index (χ3v) is 3.27. The van der Waals surface area contributed by atoms with Crippen molar-refractivity contribution in [3.8, 4) is 5.75 Å². The van der Waals surface area contributed by atoms with E-state index in [0.717, 1.165) is 8.24 Å². The lowest BCUT2D eigenvalue weighted by molar-refractivity contribution is -0.123. The molecule has 2 rings (SSSR count). The molecule has 0 saturated carbocycles. The van der Waals surface area contributed by atoms with Crippen molar-refractivity contribution in [3.05, 3.63) is 50.4 Å². The van der Waals surface area contributed by atoms with Crippen molar-refractivity contribution in [2.45, 2.75) is 0 Å². The van der Waals surface area contributed by atoms with Gasteiger partial charge in [-0.3, -0.25) is 4.79 Å². The minimum Gasteiger partial charge on any atom is -0.484 e. The maximum Gasteiger partial charge on any atom is 0.277 e. The molecule has 1 aromatic heterocycles. The number of furan rings is 1. The van der Waals surface area contributed by atoms with E-state index < -0.39 is 0 Å². The van der Waals surface area contributed by atoms with Gasteiger partial charge >= 0.3 is 0 Å². The van der Waals surface area contributed by atoms with Gasteiger partial charge in [0.15, 0.2) is 10.4 Å². The minimum absolute atomic E-state index is 0.103. The van der Waals surface area contributed by atoms with E-state index in [1.54, 1.807) is 24.3 Å². The fraction of sp³-hybridized carbons (Fsp3) is 0.0769. The molecule has 0 bridgehead atoms. The zero-order valence-corrected chi connectivity index (χ0v) is 13.9. The topological polar surface area (TPSA) is 63.8 Å². The zero-order valence-electron chi connectivity index (χ0n) is 10.2. The highest BCUT2D eigenvalue weighted by Gasteiger charge is 2.01. The molecule has 7 heteroatoms. The largest absolute Gasteiger partial charge is 0.484 e. The van der Waals surface area contributed by atoms with Crippen LogP contribution in [-0.2, 0) is 4.79 Å². The molecule has 1 heterocycles. The first-order valence-corrected chi connectivity index (χ1v) is 7.46. The number of carbonyl (C=O) groups excluding carboxylic acids is 1. The molecular weight excluding hydrogens is 439 g/mol. The average Bonchev–Trinajstić information content (AvgIpc) is 2.84. The Hall–Kier alpha value is -1.35. The average molecular weight is 449 g/mol. The number of nitrogens with zero attached hydrogens (tertiary/aromatic N) is 1. The molecule has 0 radical (unpaired) electrons. The highest BCUT2D eigenvalue weighted by molar-refractivity contribution is 14.1. The predicted octanol–water partition coefficient (Wildman–Crippen LogP) is 3.18. The number of hydrogen-bond acceptors (Lipinski definition) is 4. The van der Waals surface area contributed by atoms with Gasteiger partial charge in [0.25, 0.3) is 5.91 Å². The van der Waals surface area contributed by atoms with Crippen LogP contribution in [0.4, 0.5) is 0 Å². The lowest BCUT2D eigenvalue weighted by atomic mass is 10.3. The first-order chi connectivity index (χ1) is 9.63. The maximum absolute atomic E-state index is 11.5. The van der Waals surface area contributed by atoms with Crippen molar-refractivity contribution in [1.29, 1.82) is 0 Å². The lowest BCUT2D eigenvalue weighted by Crippen LogP contribution is -2.24. The third kappa shape index (κ3) is 4.97. The molecule has 2 aromatic rings. The number of halogens is 2. The molecule has 0 aliphatic heterocycles. The standard InChI is InChI=1S/C13H10BrIN2O3/c14-9-1-3-10(4-2-9)19-8-13(18)17-16-7-11-5-6-12(15)20-11/h1-7H,8H2,(H,17,18). The molecule has 0 saturated heterocycles. The van der Waals surface area contributed by atoms with Gasteiger partial charge in [-0.15, -0.1) is 0 Å². The fourth-order valence-electron chi connectivity index (χ4n) is 1.28. The monoisotopic (exact) mass is 448 g/mol. The highest BCUT2D eigenvalue weighted by atomic mass is 127. The quantitative estimate of drug-likeness (QED) is 0.434. The molecule has 5 nitrogen and oxygen atoms in total. The Balaban J connectivity index is 1.75. The normalized spacial score (nSPS) is 10.7. The number of hydrogen-bond donors (Lipinski definition) is 1. The van der Waals surface area contributed by atoms with Gasteiger partial charge in [-0.25, -0.2) is 5.43 Å². The second kappa shape index (κ2) is 7.44. The first kappa shape index (κ1) is 15.0. The Morgan fingerprint density at radius 2 is 2.10 bits per heavy atom. The summed E-state index contributed by atoms with van der Waals surface area (Å²) >= 11 is 5.37. The first-order valence-electron chi connectivity index (χ1n) is 5.59. The Bertz CT molecular complexity index is 610. The second-order valence-electron chi connectivity index (χ2n) is 3.68. The van der Waals surface area contributed by atoms with Crippen LogP contribution in [-0.4, -0.2) is 18.7 Å². The number of benzene rings is 1. The highest BCUT2D eigenvalue weighted by Crippen LogP contribution is 2.15. The molecule has 0 unspecified atom stereocenters. The summed E-state index contributed by atoms with van der Waals surface area (Å²) in [7, 11) is 0. The Kier molecular flexibility index (Phi) is 5.60. The van der Waals surface area contributed by atoms with Crippen LogP contribution in [0.25, 0.3) is 0 Å². The predicted molar refractivity (Wildman–Crippen MR) is 86.8 cm³/mol. The molecule has 0 atom stereocenters. The number of hydrazone groups is 1. The summed E-state index contributed by atoms with van der Waals surface area (Å²) in [4.78, 5) is 11.5. The van der Waals surface area contributed by atoms with E-state index in [4.69, 9.17) is 9.15 Å². The summed E-state index contributed by atoms with van der Waals surface area (Å²) < 4.78 is 12.3. The van der Waals surface area contributed by atoms with Gasteiger partial charge < -0.3 is 9.15 Å². The second-order valence-corrected chi connectivity index (χ2v) is 5.66. The number of carbonyl (C=O) groups is 1. The van der Waals surface area contributed by atoms with Crippen LogP contribution in [0.15, 0.2) is 50.4 Å². The minimum atomic E-state index is -0.342. The van der Waals surface area contributed by atoms with Crippen molar-refractivity contribution >= 4 is 50.6 Å². The van der Waals surface area contributed by atoms with E-state index in [1.807, 2.05) is 34.7 Å². The number of nitrogens with one attached hydrogen (secondary N) is 1. The lowest BCUT2D eigenvalue weighted by Gasteiger charge is -2.04. The molecule has 1 amide bonds. The third-order valence-electron chi connectivity index (χ3n) is 2.16. The molecule has 104 valence electrons. The van der Waals surface area contributed by atoms with Crippen molar-refractivity contribution in [2.75, 3.05) is 6.61 Å². The van der Waals surface area contributed by atoms with Gasteiger partial charge in [0.2, 0.25) is 0 Å². The van der Waals surface area contributed by atoms with Crippen molar-refractivity contribution in [3.63, 3.8) is 0 Å². The summed E-state index contributed by atoms with van der Waals surface area (Å²) in [6, 6.07) is 10.8. The van der Waals surface area contributed by atoms with Gasteiger partial charge in [-0.2, -0.15) is 5.10 Å². The van der Waals surface area contributed by atoms with Crippen LogP contribution in [0.3, 0.4) is 0 Å². The van der Waals surface area contributed by atoms with Gasteiger partial charge in [-0.1, -0.05) is 15.9 Å². The molecule has 0 aliphatic carbocycles. The molecule has 0 spiro atoms. The summed E-state index contributed by atoms with van der Waals surface area (Å²) in [5, 5.41) is 3.77. The van der Waals surface area contributed by atoms with Crippen LogP contribution in [0.5, 0.6) is 5.75 Å². The summed E-state index contributed by atoms with van der Waals surface area (Å²) in [6.07, 6.45) is 1.43. The SMILES string of the molecule is O=C(COc1ccc(Br)cc1)NN=Cc1ccc(I)o1. The van der Waals surface area contributed by atoms with E-state index in [-0.39, 0.29) is 12.5 Å². The van der Waals surface area contributed by atoms with Crippen LogP contribution < -0.4 is 10.2 Å². The number of ether oxygens (including phenoxy) is 1. The van der Waals surface area contributed by atoms with E-state index in [9.17, 15) is 4.79 Å². The molecule has 0 aliphatic rings. The molecular formula is C13H10BrIN2O3.